The number of aliphatic hydroxyl groups is 2. The van der Waals surface area contributed by atoms with E-state index in [2.05, 4.69) is 0 Å². The monoisotopic (exact) mass is 162 g/mol. The quantitative estimate of drug-likeness (QED) is 0.594. The van der Waals surface area contributed by atoms with Crippen LogP contribution in [0, 0.1) is 5.92 Å². The molecule has 0 aromatic heterocycles. The van der Waals surface area contributed by atoms with E-state index in [1.54, 1.807) is 7.11 Å². The number of aliphatic hydroxyl groups excluding tert-OH is 2. The third-order valence-corrected chi connectivity index (χ3v) is 1.66. The lowest BCUT2D eigenvalue weighted by molar-refractivity contribution is 0.0533. The summed E-state index contributed by atoms with van der Waals surface area (Å²) in [6.07, 6.45) is 1.17. The Kier molecular flexibility index (Phi) is 6.51. The van der Waals surface area contributed by atoms with E-state index < -0.39 is 0 Å². The van der Waals surface area contributed by atoms with E-state index in [0.29, 0.717) is 13.0 Å². The molecular formula is C8H18O3. The summed E-state index contributed by atoms with van der Waals surface area (Å²) in [7, 11) is 1.57. The average Bonchev–Trinajstić information content (AvgIpc) is 2.01. The molecule has 0 saturated heterocycles. The van der Waals surface area contributed by atoms with Crippen LogP contribution in [0.25, 0.3) is 0 Å². The summed E-state index contributed by atoms with van der Waals surface area (Å²) >= 11 is 0. The third kappa shape index (κ3) is 6.28. The van der Waals surface area contributed by atoms with Gasteiger partial charge in [-0.15, -0.1) is 0 Å². The maximum absolute atomic E-state index is 9.19. The van der Waals surface area contributed by atoms with Crippen LogP contribution in [0.15, 0.2) is 0 Å². The fraction of sp³-hybridized carbons (Fsp3) is 1.00. The Bertz CT molecular complexity index is 85.4. The highest BCUT2D eigenvalue weighted by molar-refractivity contribution is 4.57. The summed E-state index contributed by atoms with van der Waals surface area (Å²) in [6.45, 7) is 2.54. The van der Waals surface area contributed by atoms with Crippen molar-refractivity contribution in [3.05, 3.63) is 0 Å². The lowest BCUT2D eigenvalue weighted by Crippen LogP contribution is -2.15. The number of methoxy groups -OCH3 is 1. The van der Waals surface area contributed by atoms with Gasteiger partial charge in [-0.1, -0.05) is 6.92 Å². The largest absolute Gasteiger partial charge is 0.396 e. The molecule has 2 unspecified atom stereocenters. The van der Waals surface area contributed by atoms with Crippen LogP contribution in [0.1, 0.15) is 19.8 Å². The topological polar surface area (TPSA) is 49.7 Å². The SMILES string of the molecule is COCC(O)CCC(C)CO. The van der Waals surface area contributed by atoms with Crippen molar-refractivity contribution >= 4 is 0 Å². The molecule has 0 saturated carbocycles. The molecule has 3 heteroatoms. The smallest absolute Gasteiger partial charge is 0.0773 e. The molecule has 0 heterocycles. The van der Waals surface area contributed by atoms with Gasteiger partial charge in [0.05, 0.1) is 12.7 Å². The van der Waals surface area contributed by atoms with Crippen LogP contribution in [0.3, 0.4) is 0 Å². The molecule has 68 valence electrons. The Labute approximate surface area is 68.0 Å². The second-order valence-electron chi connectivity index (χ2n) is 2.97. The van der Waals surface area contributed by atoms with Crippen LogP contribution >= 0.6 is 0 Å². The minimum absolute atomic E-state index is 0.194. The summed E-state index contributed by atoms with van der Waals surface area (Å²) in [5.41, 5.74) is 0. The molecule has 0 spiro atoms. The zero-order valence-corrected chi connectivity index (χ0v) is 7.29. The first-order valence-electron chi connectivity index (χ1n) is 3.98. The van der Waals surface area contributed by atoms with Gasteiger partial charge in [-0.05, 0) is 18.8 Å². The summed E-state index contributed by atoms with van der Waals surface area (Å²) in [5, 5.41) is 17.9. The fourth-order valence-corrected chi connectivity index (χ4v) is 0.844. The van der Waals surface area contributed by atoms with Crippen molar-refractivity contribution in [2.45, 2.75) is 25.9 Å². The normalized spacial score (nSPS) is 16.4. The van der Waals surface area contributed by atoms with Crippen LogP contribution in [-0.4, -0.2) is 36.6 Å². The van der Waals surface area contributed by atoms with E-state index >= 15 is 0 Å². The van der Waals surface area contributed by atoms with Crippen molar-refractivity contribution in [3.8, 4) is 0 Å². The molecule has 2 atom stereocenters. The minimum atomic E-state index is -0.381. The van der Waals surface area contributed by atoms with Crippen LogP contribution in [0.5, 0.6) is 0 Å². The van der Waals surface area contributed by atoms with Gasteiger partial charge in [0.1, 0.15) is 0 Å². The maximum Gasteiger partial charge on any atom is 0.0773 e. The highest BCUT2D eigenvalue weighted by atomic mass is 16.5. The molecule has 2 N–H and O–H groups in total. The second kappa shape index (κ2) is 6.58. The molecule has 3 nitrogen and oxygen atoms in total. The van der Waals surface area contributed by atoms with E-state index in [-0.39, 0.29) is 18.6 Å². The Morgan fingerprint density at radius 2 is 2.00 bits per heavy atom. The lowest BCUT2D eigenvalue weighted by atomic mass is 10.0. The van der Waals surface area contributed by atoms with E-state index in [9.17, 15) is 5.11 Å². The van der Waals surface area contributed by atoms with Crippen LogP contribution in [0.4, 0.5) is 0 Å². The molecule has 0 rings (SSSR count). The van der Waals surface area contributed by atoms with Gasteiger partial charge in [0.25, 0.3) is 0 Å². The minimum Gasteiger partial charge on any atom is -0.396 e. The van der Waals surface area contributed by atoms with Gasteiger partial charge in [-0.25, -0.2) is 0 Å². The van der Waals surface area contributed by atoms with Gasteiger partial charge in [-0.3, -0.25) is 0 Å². The van der Waals surface area contributed by atoms with Crippen LogP contribution in [-0.2, 0) is 4.74 Å². The number of hydrogen-bond donors (Lipinski definition) is 2. The standard InChI is InChI=1S/C8H18O3/c1-7(5-9)3-4-8(10)6-11-2/h7-10H,3-6H2,1-2H3. The highest BCUT2D eigenvalue weighted by Gasteiger charge is 2.06. The summed E-state index contributed by atoms with van der Waals surface area (Å²) < 4.78 is 4.76. The summed E-state index contributed by atoms with van der Waals surface area (Å²) in [6, 6.07) is 0. The van der Waals surface area contributed by atoms with Crippen LogP contribution in [0.2, 0.25) is 0 Å². The molecule has 11 heavy (non-hydrogen) atoms. The predicted octanol–water partition coefficient (Wildman–Crippen LogP) is 0.402. The lowest BCUT2D eigenvalue weighted by Gasteiger charge is -2.11. The Morgan fingerprint density at radius 3 is 2.45 bits per heavy atom. The molecule has 0 radical (unpaired) electrons. The van der Waals surface area contributed by atoms with Crippen molar-refractivity contribution < 1.29 is 14.9 Å². The number of hydrogen-bond acceptors (Lipinski definition) is 3. The number of rotatable bonds is 6. The first kappa shape index (κ1) is 10.9. The first-order chi connectivity index (χ1) is 5.20. The van der Waals surface area contributed by atoms with E-state index in [4.69, 9.17) is 9.84 Å². The van der Waals surface area contributed by atoms with Crippen molar-refractivity contribution in [1.82, 2.24) is 0 Å². The fourth-order valence-electron chi connectivity index (χ4n) is 0.844. The van der Waals surface area contributed by atoms with Gasteiger partial charge in [0.15, 0.2) is 0 Å². The molecule has 0 aliphatic heterocycles. The zero-order valence-electron chi connectivity index (χ0n) is 7.29. The van der Waals surface area contributed by atoms with Gasteiger partial charge in [0.2, 0.25) is 0 Å². The molecule has 0 aliphatic carbocycles. The molecule has 0 amide bonds. The molecule has 0 bridgehead atoms. The molecular weight excluding hydrogens is 144 g/mol. The predicted molar refractivity (Wildman–Crippen MR) is 43.4 cm³/mol. The molecule has 0 aromatic rings. The molecule has 0 aromatic carbocycles. The maximum atomic E-state index is 9.19. The highest BCUT2D eigenvalue weighted by Crippen LogP contribution is 2.06. The first-order valence-corrected chi connectivity index (χ1v) is 3.98. The molecule has 0 fully saturated rings. The van der Waals surface area contributed by atoms with Crippen LogP contribution < -0.4 is 0 Å². The number of ether oxygens (including phenoxy) is 1. The Balaban J connectivity index is 3.22. The summed E-state index contributed by atoms with van der Waals surface area (Å²) in [4.78, 5) is 0. The average molecular weight is 162 g/mol. The van der Waals surface area contributed by atoms with Gasteiger partial charge in [0, 0.05) is 13.7 Å². The van der Waals surface area contributed by atoms with Crippen molar-refractivity contribution in [2.24, 2.45) is 5.92 Å². The van der Waals surface area contributed by atoms with E-state index in [0.717, 1.165) is 6.42 Å². The third-order valence-electron chi connectivity index (χ3n) is 1.66. The summed E-state index contributed by atoms with van der Waals surface area (Å²) in [5.74, 6) is 0.279. The van der Waals surface area contributed by atoms with Crippen molar-refractivity contribution in [3.63, 3.8) is 0 Å². The Hall–Kier alpha value is -0.120. The van der Waals surface area contributed by atoms with Crippen molar-refractivity contribution in [2.75, 3.05) is 20.3 Å². The second-order valence-corrected chi connectivity index (χ2v) is 2.97. The van der Waals surface area contributed by atoms with E-state index in [1.807, 2.05) is 6.92 Å². The van der Waals surface area contributed by atoms with Crippen molar-refractivity contribution in [1.29, 1.82) is 0 Å². The van der Waals surface area contributed by atoms with Gasteiger partial charge < -0.3 is 14.9 Å². The van der Waals surface area contributed by atoms with E-state index in [1.165, 1.54) is 0 Å². The van der Waals surface area contributed by atoms with Gasteiger partial charge >= 0.3 is 0 Å². The Morgan fingerprint density at radius 1 is 1.36 bits per heavy atom. The zero-order chi connectivity index (χ0) is 8.69. The van der Waals surface area contributed by atoms with Gasteiger partial charge in [-0.2, -0.15) is 0 Å². The molecule has 0 aliphatic rings.